The van der Waals surface area contributed by atoms with Gasteiger partial charge >= 0.3 is 0 Å². The highest BCUT2D eigenvalue weighted by Crippen LogP contribution is 2.33. The second-order valence-electron chi connectivity index (χ2n) is 7.57. The number of nitrogens with zero attached hydrogens (tertiary/aromatic N) is 3. The minimum Gasteiger partial charge on any atom is -0.439 e. The van der Waals surface area contributed by atoms with Gasteiger partial charge in [0.25, 0.3) is 0 Å². The first-order valence-electron chi connectivity index (χ1n) is 11.2. The van der Waals surface area contributed by atoms with E-state index in [1.807, 2.05) is 39.1 Å². The lowest BCUT2D eigenvalue weighted by molar-refractivity contribution is 0.417. The Kier molecular flexibility index (Phi) is 11.3. The second-order valence-corrected chi connectivity index (χ2v) is 7.57. The summed E-state index contributed by atoms with van der Waals surface area (Å²) in [5.74, 6) is 1.49. The number of nitriles is 1. The Morgan fingerprint density at radius 1 is 1.13 bits per heavy atom. The summed E-state index contributed by atoms with van der Waals surface area (Å²) in [5.41, 5.74) is 5.61. The minimum atomic E-state index is 0.374. The van der Waals surface area contributed by atoms with Crippen molar-refractivity contribution in [3.8, 4) is 11.8 Å². The summed E-state index contributed by atoms with van der Waals surface area (Å²) in [6.45, 7) is 16.6. The predicted octanol–water partition coefficient (Wildman–Crippen LogP) is 7.87. The lowest BCUT2D eigenvalue weighted by atomic mass is 10.0. The first kappa shape index (κ1) is 26.1. The number of ether oxygens (including phenoxy) is 1. The Labute approximate surface area is 188 Å². The molecule has 1 rings (SSSR count). The Morgan fingerprint density at radius 3 is 2.35 bits per heavy atom. The van der Waals surface area contributed by atoms with Crippen molar-refractivity contribution in [3.63, 3.8) is 0 Å². The van der Waals surface area contributed by atoms with Gasteiger partial charge in [0.05, 0.1) is 17.3 Å². The van der Waals surface area contributed by atoms with E-state index < -0.39 is 0 Å². The number of benzene rings is 1. The van der Waals surface area contributed by atoms with Crippen LogP contribution in [0.3, 0.4) is 0 Å². The van der Waals surface area contributed by atoms with E-state index in [1.165, 1.54) is 5.57 Å². The summed E-state index contributed by atoms with van der Waals surface area (Å²) in [7, 11) is 0. The van der Waals surface area contributed by atoms with Crippen molar-refractivity contribution in [2.24, 2.45) is 15.9 Å². The van der Waals surface area contributed by atoms with E-state index in [1.54, 1.807) is 12.1 Å². The quantitative estimate of drug-likeness (QED) is 0.286. The van der Waals surface area contributed by atoms with Crippen LogP contribution >= 0.6 is 0 Å². The van der Waals surface area contributed by atoms with Gasteiger partial charge in [0.1, 0.15) is 5.75 Å². The molecule has 0 bridgehead atoms. The van der Waals surface area contributed by atoms with E-state index in [-0.39, 0.29) is 0 Å². The molecule has 4 nitrogen and oxygen atoms in total. The molecule has 0 N–H and O–H groups in total. The van der Waals surface area contributed by atoms with Crippen LogP contribution in [0.5, 0.6) is 5.75 Å². The molecular weight excluding hydrogens is 382 g/mol. The van der Waals surface area contributed by atoms with E-state index in [9.17, 15) is 5.26 Å². The fraction of sp³-hybridized carbons (Fsp3) is 0.444. The standard InChI is InChI=1S/C27H37N3O/c1-9-19(6)21(8)30-26(13-5)31-25-16-23(17-28)14-15-24(25)27(20(7)10-2)29-18-22(11-3)12-4/h11,13-16,18-19H,9-10,12H2,1-8H3/b22-11-,26-13+,27-20-,29-18-,30-21-. The van der Waals surface area contributed by atoms with Crippen molar-refractivity contribution >= 4 is 17.6 Å². The number of rotatable bonds is 10. The molecule has 1 unspecified atom stereocenters. The Bertz CT molecular complexity index is 940. The summed E-state index contributed by atoms with van der Waals surface area (Å²) in [6.07, 6.45) is 8.64. The molecule has 0 radical (unpaired) electrons. The molecule has 0 heterocycles. The molecule has 0 aliphatic heterocycles. The van der Waals surface area contributed by atoms with Crippen LogP contribution in [-0.2, 0) is 0 Å². The number of allylic oxidation sites excluding steroid dienone is 4. The molecule has 1 aromatic carbocycles. The zero-order valence-corrected chi connectivity index (χ0v) is 20.4. The van der Waals surface area contributed by atoms with Gasteiger partial charge in [-0.15, -0.1) is 0 Å². The van der Waals surface area contributed by atoms with E-state index in [2.05, 4.69) is 46.8 Å². The summed E-state index contributed by atoms with van der Waals surface area (Å²) >= 11 is 0. The first-order chi connectivity index (χ1) is 14.8. The smallest absolute Gasteiger partial charge is 0.214 e. The molecule has 1 atom stereocenters. The van der Waals surface area contributed by atoms with Crippen molar-refractivity contribution in [3.05, 3.63) is 58.5 Å². The normalized spacial score (nSPS) is 15.0. The summed E-state index contributed by atoms with van der Waals surface area (Å²) in [6, 6.07) is 7.69. The molecule has 0 aromatic heterocycles. The van der Waals surface area contributed by atoms with Crippen LogP contribution < -0.4 is 4.74 Å². The fourth-order valence-electron chi connectivity index (χ4n) is 2.80. The molecule has 0 fully saturated rings. The molecule has 0 saturated carbocycles. The fourth-order valence-corrected chi connectivity index (χ4v) is 2.80. The highest BCUT2D eigenvalue weighted by molar-refractivity contribution is 5.87. The van der Waals surface area contributed by atoms with Gasteiger partial charge in [-0.1, -0.05) is 33.8 Å². The topological polar surface area (TPSA) is 57.7 Å². The van der Waals surface area contributed by atoms with Crippen LogP contribution in [0.25, 0.3) is 5.70 Å². The molecule has 31 heavy (non-hydrogen) atoms. The molecule has 0 amide bonds. The molecule has 0 saturated heterocycles. The molecular formula is C27H37N3O. The van der Waals surface area contributed by atoms with Crippen molar-refractivity contribution < 1.29 is 4.74 Å². The average Bonchev–Trinajstić information content (AvgIpc) is 2.80. The molecule has 0 aliphatic carbocycles. The monoisotopic (exact) mass is 419 g/mol. The van der Waals surface area contributed by atoms with Crippen LogP contribution in [0.15, 0.2) is 57.4 Å². The molecule has 1 aromatic rings. The maximum absolute atomic E-state index is 9.43. The molecule has 0 spiro atoms. The highest BCUT2D eigenvalue weighted by atomic mass is 16.5. The largest absolute Gasteiger partial charge is 0.439 e. The first-order valence-corrected chi connectivity index (χ1v) is 11.2. The SMILES string of the molecule is C\C=C(/C=N\C(=C(\C)CC)c1ccc(C#N)cc1OC(=C/C)/N=C(/C)C(C)CC)CC. The van der Waals surface area contributed by atoms with Crippen molar-refractivity contribution in [2.75, 3.05) is 0 Å². The molecule has 4 heteroatoms. The van der Waals surface area contributed by atoms with Gasteiger partial charge in [-0.2, -0.15) is 5.26 Å². The predicted molar refractivity (Wildman–Crippen MR) is 134 cm³/mol. The van der Waals surface area contributed by atoms with Crippen LogP contribution in [0, 0.1) is 17.2 Å². The van der Waals surface area contributed by atoms with E-state index in [0.717, 1.165) is 41.8 Å². The van der Waals surface area contributed by atoms with E-state index in [4.69, 9.17) is 14.7 Å². The van der Waals surface area contributed by atoms with Gasteiger partial charge in [-0.25, -0.2) is 4.99 Å². The van der Waals surface area contributed by atoms with Crippen molar-refractivity contribution in [1.82, 2.24) is 0 Å². The zero-order valence-electron chi connectivity index (χ0n) is 20.4. The maximum Gasteiger partial charge on any atom is 0.214 e. The van der Waals surface area contributed by atoms with Crippen LogP contribution in [0.1, 0.15) is 85.8 Å². The Hall–Kier alpha value is -2.93. The minimum absolute atomic E-state index is 0.374. The number of hydrogen-bond donors (Lipinski definition) is 0. The van der Waals surface area contributed by atoms with Gasteiger partial charge in [0.15, 0.2) is 0 Å². The van der Waals surface area contributed by atoms with Gasteiger partial charge in [0.2, 0.25) is 5.88 Å². The van der Waals surface area contributed by atoms with Crippen molar-refractivity contribution in [2.45, 2.75) is 74.7 Å². The maximum atomic E-state index is 9.43. The average molecular weight is 420 g/mol. The lowest BCUT2D eigenvalue weighted by Gasteiger charge is -2.15. The van der Waals surface area contributed by atoms with Crippen LogP contribution in [0.4, 0.5) is 0 Å². The van der Waals surface area contributed by atoms with Gasteiger partial charge in [0, 0.05) is 17.5 Å². The third-order valence-corrected chi connectivity index (χ3v) is 5.51. The summed E-state index contributed by atoms with van der Waals surface area (Å²) < 4.78 is 6.24. The number of hydrogen-bond acceptors (Lipinski definition) is 4. The van der Waals surface area contributed by atoms with Crippen LogP contribution in [0.2, 0.25) is 0 Å². The summed E-state index contributed by atoms with van der Waals surface area (Å²) in [5, 5.41) is 9.43. The third kappa shape index (κ3) is 7.68. The van der Waals surface area contributed by atoms with Gasteiger partial charge in [-0.3, -0.25) is 4.99 Å². The highest BCUT2D eigenvalue weighted by Gasteiger charge is 2.14. The third-order valence-electron chi connectivity index (χ3n) is 5.51. The molecule has 166 valence electrons. The Balaban J connectivity index is 3.56. The number of aliphatic imine (C=N–C) groups is 2. The molecule has 0 aliphatic rings. The zero-order chi connectivity index (χ0) is 23.4. The van der Waals surface area contributed by atoms with Crippen LogP contribution in [-0.4, -0.2) is 11.9 Å². The van der Waals surface area contributed by atoms with E-state index >= 15 is 0 Å². The van der Waals surface area contributed by atoms with Gasteiger partial charge < -0.3 is 4.74 Å². The second kappa shape index (κ2) is 13.4. The lowest BCUT2D eigenvalue weighted by Crippen LogP contribution is -2.07. The van der Waals surface area contributed by atoms with Gasteiger partial charge in [-0.05, 0) is 88.3 Å². The van der Waals surface area contributed by atoms with Crippen molar-refractivity contribution in [1.29, 1.82) is 5.26 Å². The summed E-state index contributed by atoms with van der Waals surface area (Å²) in [4.78, 5) is 9.52. The Morgan fingerprint density at radius 2 is 1.84 bits per heavy atom. The van der Waals surface area contributed by atoms with E-state index in [0.29, 0.717) is 23.1 Å².